The van der Waals surface area contributed by atoms with Crippen molar-refractivity contribution in [2.75, 3.05) is 0 Å². The van der Waals surface area contributed by atoms with Gasteiger partial charge in [-0.25, -0.2) is 9.78 Å². The highest BCUT2D eigenvalue weighted by atomic mass is 79.9. The molecule has 78 valence electrons. The number of nitrogens with one attached hydrogen (secondary N) is 1. The maximum Gasteiger partial charge on any atom is 0.413 e. The van der Waals surface area contributed by atoms with Gasteiger partial charge in [-0.2, -0.15) is 0 Å². The zero-order chi connectivity index (χ0) is 10.8. The summed E-state index contributed by atoms with van der Waals surface area (Å²) in [5, 5.41) is 3.15. The van der Waals surface area contributed by atoms with Crippen LogP contribution in [0.5, 0.6) is 5.06 Å². The molecule has 6 heteroatoms. The summed E-state index contributed by atoms with van der Waals surface area (Å²) in [6.07, 6.45) is 1.03. The van der Waals surface area contributed by atoms with Crippen molar-refractivity contribution in [1.82, 2.24) is 10.3 Å². The molecule has 1 heterocycles. The van der Waals surface area contributed by atoms with Crippen LogP contribution in [-0.2, 0) is 0 Å². The number of halogens is 1. The minimum atomic E-state index is -0.464. The molecule has 4 nitrogen and oxygen atoms in total. The van der Waals surface area contributed by atoms with Crippen LogP contribution in [0.15, 0.2) is 10.1 Å². The number of nitrogens with zero attached hydrogens (tertiary/aromatic N) is 1. The molecule has 0 aliphatic heterocycles. The first-order valence-electron chi connectivity index (χ1n) is 3.98. The van der Waals surface area contributed by atoms with E-state index in [1.807, 2.05) is 20.8 Å². The summed E-state index contributed by atoms with van der Waals surface area (Å²) in [4.78, 5) is 15.2. The molecule has 0 aromatic carbocycles. The molecule has 0 radical (unpaired) electrons. The van der Waals surface area contributed by atoms with E-state index in [-0.39, 0.29) is 5.54 Å². The summed E-state index contributed by atoms with van der Waals surface area (Å²) >= 11 is 4.44. The zero-order valence-electron chi connectivity index (χ0n) is 8.13. The van der Waals surface area contributed by atoms with Gasteiger partial charge in [-0.15, -0.1) is 0 Å². The molecule has 1 rings (SSSR count). The maximum atomic E-state index is 11.3. The van der Waals surface area contributed by atoms with Gasteiger partial charge < -0.3 is 10.1 Å². The van der Waals surface area contributed by atoms with Crippen molar-refractivity contribution < 1.29 is 9.53 Å². The van der Waals surface area contributed by atoms with Gasteiger partial charge in [-0.1, -0.05) is 11.3 Å². The second-order valence-corrected chi connectivity index (χ2v) is 5.97. The minimum Gasteiger partial charge on any atom is -0.397 e. The summed E-state index contributed by atoms with van der Waals surface area (Å²) in [6, 6.07) is 0. The van der Waals surface area contributed by atoms with Crippen LogP contribution < -0.4 is 10.1 Å². The third kappa shape index (κ3) is 4.06. The topological polar surface area (TPSA) is 51.2 Å². The number of hydrogen-bond donors (Lipinski definition) is 1. The number of thiazole rings is 1. The Morgan fingerprint density at radius 1 is 1.64 bits per heavy atom. The second kappa shape index (κ2) is 4.27. The van der Waals surface area contributed by atoms with Gasteiger partial charge in [-0.3, -0.25) is 0 Å². The molecule has 0 spiro atoms. The Hall–Kier alpha value is -0.620. The fraction of sp³-hybridized carbons (Fsp3) is 0.500. The number of amides is 1. The molecule has 0 atom stereocenters. The quantitative estimate of drug-likeness (QED) is 0.860. The predicted molar refractivity (Wildman–Crippen MR) is 58.7 cm³/mol. The fourth-order valence-corrected chi connectivity index (χ4v) is 1.78. The molecule has 0 fully saturated rings. The fourth-order valence-electron chi connectivity index (χ4n) is 0.709. The maximum absolute atomic E-state index is 11.3. The van der Waals surface area contributed by atoms with Gasteiger partial charge in [0.25, 0.3) is 0 Å². The number of ether oxygens (including phenoxy) is 1. The lowest BCUT2D eigenvalue weighted by Crippen LogP contribution is -2.42. The Balaban J connectivity index is 2.50. The smallest absolute Gasteiger partial charge is 0.397 e. The summed E-state index contributed by atoms with van der Waals surface area (Å²) in [5.41, 5.74) is -0.293. The van der Waals surface area contributed by atoms with Crippen LogP contribution in [0.2, 0.25) is 0 Å². The minimum absolute atomic E-state index is 0.293. The Kier molecular flexibility index (Phi) is 3.49. The van der Waals surface area contributed by atoms with E-state index in [1.165, 1.54) is 17.5 Å². The van der Waals surface area contributed by atoms with Gasteiger partial charge in [0.05, 0.1) is 6.20 Å². The summed E-state index contributed by atoms with van der Waals surface area (Å²) in [6.45, 7) is 5.66. The van der Waals surface area contributed by atoms with Crippen molar-refractivity contribution in [2.45, 2.75) is 26.3 Å². The molecular formula is C8H11BrN2O2S. The first-order chi connectivity index (χ1) is 6.37. The second-order valence-electron chi connectivity index (χ2n) is 3.70. The molecule has 1 amide bonds. The molecule has 0 aliphatic carbocycles. The van der Waals surface area contributed by atoms with Crippen LogP contribution in [0.1, 0.15) is 20.8 Å². The van der Waals surface area contributed by atoms with Gasteiger partial charge in [0.15, 0.2) is 3.92 Å². The van der Waals surface area contributed by atoms with Crippen LogP contribution in [0.25, 0.3) is 0 Å². The highest BCUT2D eigenvalue weighted by Crippen LogP contribution is 2.25. The van der Waals surface area contributed by atoms with Crippen LogP contribution in [-0.4, -0.2) is 16.6 Å². The van der Waals surface area contributed by atoms with Crippen molar-refractivity contribution in [1.29, 1.82) is 0 Å². The van der Waals surface area contributed by atoms with Gasteiger partial charge in [0.2, 0.25) is 5.06 Å². The zero-order valence-corrected chi connectivity index (χ0v) is 10.5. The third-order valence-corrected chi connectivity index (χ3v) is 2.48. The number of hydrogen-bond acceptors (Lipinski definition) is 4. The standard InChI is InChI=1S/C8H11BrN2O2S/c1-8(2,3)11-7(12)13-5-4-10-6(9)14-5/h4H,1-3H3,(H,11,12). The van der Waals surface area contributed by atoms with Crippen molar-refractivity contribution in [2.24, 2.45) is 0 Å². The Morgan fingerprint density at radius 2 is 2.29 bits per heavy atom. The lowest BCUT2D eigenvalue weighted by molar-refractivity contribution is 0.192. The molecule has 0 saturated heterocycles. The highest BCUT2D eigenvalue weighted by molar-refractivity contribution is 9.11. The average molecular weight is 279 g/mol. The molecule has 1 aromatic heterocycles. The van der Waals surface area contributed by atoms with Crippen LogP contribution in [0.3, 0.4) is 0 Å². The van der Waals surface area contributed by atoms with E-state index >= 15 is 0 Å². The monoisotopic (exact) mass is 278 g/mol. The van der Waals surface area contributed by atoms with Gasteiger partial charge >= 0.3 is 6.09 Å². The highest BCUT2D eigenvalue weighted by Gasteiger charge is 2.15. The number of aromatic nitrogens is 1. The van der Waals surface area contributed by atoms with E-state index in [4.69, 9.17) is 4.74 Å². The van der Waals surface area contributed by atoms with Crippen LogP contribution in [0, 0.1) is 0 Å². The van der Waals surface area contributed by atoms with Gasteiger partial charge in [0.1, 0.15) is 0 Å². The molecule has 14 heavy (non-hydrogen) atoms. The number of carbonyl (C=O) groups is 1. The number of carbonyl (C=O) groups excluding carboxylic acids is 1. The summed E-state index contributed by atoms with van der Waals surface area (Å²) in [5.74, 6) is 0. The van der Waals surface area contributed by atoms with E-state index in [2.05, 4.69) is 26.2 Å². The lowest BCUT2D eigenvalue weighted by atomic mass is 10.1. The predicted octanol–water partition coefficient (Wildman–Crippen LogP) is 2.79. The van der Waals surface area contributed by atoms with E-state index in [1.54, 1.807) is 0 Å². The van der Waals surface area contributed by atoms with Crippen molar-refractivity contribution in [3.05, 3.63) is 10.1 Å². The Labute approximate surface area is 94.8 Å². The average Bonchev–Trinajstić information content (AvgIpc) is 2.30. The summed E-state index contributed by atoms with van der Waals surface area (Å²) in [7, 11) is 0. The van der Waals surface area contributed by atoms with Gasteiger partial charge in [0, 0.05) is 5.54 Å². The SMILES string of the molecule is CC(C)(C)NC(=O)Oc1cnc(Br)s1. The first kappa shape index (κ1) is 11.5. The molecule has 1 aromatic rings. The van der Waals surface area contributed by atoms with E-state index in [0.29, 0.717) is 8.98 Å². The van der Waals surface area contributed by atoms with Gasteiger partial charge in [-0.05, 0) is 36.7 Å². The normalized spacial score (nSPS) is 11.1. The molecule has 1 N–H and O–H groups in total. The molecule has 0 unspecified atom stereocenters. The Morgan fingerprint density at radius 3 is 2.71 bits per heavy atom. The number of rotatable bonds is 1. The third-order valence-electron chi connectivity index (χ3n) is 1.13. The van der Waals surface area contributed by atoms with Crippen molar-refractivity contribution in [3.8, 4) is 5.06 Å². The van der Waals surface area contributed by atoms with E-state index in [9.17, 15) is 4.79 Å². The molecular weight excluding hydrogens is 268 g/mol. The van der Waals surface area contributed by atoms with E-state index < -0.39 is 6.09 Å². The van der Waals surface area contributed by atoms with E-state index in [0.717, 1.165) is 0 Å². The first-order valence-corrected chi connectivity index (χ1v) is 5.59. The van der Waals surface area contributed by atoms with Crippen LogP contribution >= 0.6 is 27.3 Å². The molecule has 0 aliphatic rings. The summed E-state index contributed by atoms with van der Waals surface area (Å²) < 4.78 is 5.68. The largest absolute Gasteiger partial charge is 0.413 e. The lowest BCUT2D eigenvalue weighted by Gasteiger charge is -2.19. The van der Waals surface area contributed by atoms with Crippen LogP contribution in [0.4, 0.5) is 4.79 Å². The molecule has 0 saturated carbocycles. The molecule has 0 bridgehead atoms. The Bertz CT molecular complexity index is 332. The van der Waals surface area contributed by atoms with Crippen molar-refractivity contribution in [3.63, 3.8) is 0 Å². The van der Waals surface area contributed by atoms with Crippen molar-refractivity contribution >= 4 is 33.4 Å².